The Morgan fingerprint density at radius 1 is 1.17 bits per heavy atom. The summed E-state index contributed by atoms with van der Waals surface area (Å²) in [4.78, 5) is 12.1. The van der Waals surface area contributed by atoms with Crippen molar-refractivity contribution in [1.82, 2.24) is 5.32 Å². The summed E-state index contributed by atoms with van der Waals surface area (Å²) in [6, 6.07) is 12.3. The normalized spacial score (nSPS) is 11.1. The highest BCUT2D eigenvalue weighted by atomic mass is 35.5. The summed E-state index contributed by atoms with van der Waals surface area (Å²) in [5.41, 5.74) is 1.21. The first-order valence-electron chi connectivity index (χ1n) is 9.48. The SMILES string of the molecule is COc1cccc(OCCNC(=O)CCCN(c2cccc(Cl)c2C)S(C)(=O)=O)c1. The Morgan fingerprint density at radius 2 is 1.87 bits per heavy atom. The molecule has 2 rings (SSSR count). The minimum atomic E-state index is -3.50. The molecule has 0 spiro atoms. The monoisotopic (exact) mass is 454 g/mol. The Bertz CT molecular complexity index is 966. The van der Waals surface area contributed by atoms with E-state index in [0.717, 1.165) is 6.26 Å². The number of rotatable bonds is 11. The van der Waals surface area contributed by atoms with Crippen LogP contribution in [0, 0.1) is 6.92 Å². The first-order chi connectivity index (χ1) is 14.2. The Labute approximate surface area is 183 Å². The number of nitrogens with zero attached hydrogens (tertiary/aromatic N) is 1. The number of hydrogen-bond donors (Lipinski definition) is 1. The van der Waals surface area contributed by atoms with Gasteiger partial charge in [0.25, 0.3) is 0 Å². The molecule has 164 valence electrons. The van der Waals surface area contributed by atoms with Gasteiger partial charge in [-0.25, -0.2) is 8.42 Å². The van der Waals surface area contributed by atoms with Crippen molar-refractivity contribution in [2.75, 3.05) is 37.4 Å². The Balaban J connectivity index is 1.79. The lowest BCUT2D eigenvalue weighted by molar-refractivity contribution is -0.121. The highest BCUT2D eigenvalue weighted by Gasteiger charge is 2.20. The summed E-state index contributed by atoms with van der Waals surface area (Å²) in [5.74, 6) is 1.19. The first kappa shape index (κ1) is 23.8. The summed E-state index contributed by atoms with van der Waals surface area (Å²) < 4.78 is 36.4. The molecular formula is C21H27ClN2O5S. The van der Waals surface area contributed by atoms with Crippen molar-refractivity contribution in [1.29, 1.82) is 0 Å². The van der Waals surface area contributed by atoms with E-state index in [1.54, 1.807) is 38.3 Å². The molecule has 0 aromatic heterocycles. The second kappa shape index (κ2) is 11.1. The smallest absolute Gasteiger partial charge is 0.232 e. The fourth-order valence-corrected chi connectivity index (χ4v) is 4.04. The third-order valence-corrected chi connectivity index (χ3v) is 6.00. The Hall–Kier alpha value is -2.45. The van der Waals surface area contributed by atoms with Crippen LogP contribution in [-0.4, -0.2) is 47.4 Å². The standard InChI is InChI=1S/C21H27ClN2O5S/c1-16-19(22)9-5-10-20(16)24(30(3,26)27)13-6-11-21(25)23-12-14-29-18-8-4-7-17(15-18)28-2/h4-5,7-10,15H,6,11-14H2,1-3H3,(H,23,25). The summed E-state index contributed by atoms with van der Waals surface area (Å²) in [7, 11) is -1.92. The lowest BCUT2D eigenvalue weighted by Crippen LogP contribution is -2.33. The lowest BCUT2D eigenvalue weighted by atomic mass is 10.2. The Kier molecular flexibility index (Phi) is 8.80. The van der Waals surface area contributed by atoms with Gasteiger partial charge in [0.1, 0.15) is 18.1 Å². The quantitative estimate of drug-likeness (QED) is 0.526. The number of ether oxygens (including phenoxy) is 2. The third kappa shape index (κ3) is 7.11. The van der Waals surface area contributed by atoms with Crippen LogP contribution in [0.15, 0.2) is 42.5 Å². The van der Waals surface area contributed by atoms with Crippen molar-refractivity contribution < 1.29 is 22.7 Å². The van der Waals surface area contributed by atoms with Crippen molar-refractivity contribution in [2.45, 2.75) is 19.8 Å². The van der Waals surface area contributed by atoms with Gasteiger partial charge < -0.3 is 14.8 Å². The van der Waals surface area contributed by atoms with Crippen molar-refractivity contribution >= 4 is 33.2 Å². The molecule has 0 radical (unpaired) electrons. The molecule has 0 aliphatic heterocycles. The number of halogens is 1. The molecule has 1 amide bonds. The topological polar surface area (TPSA) is 84.9 Å². The molecule has 1 N–H and O–H groups in total. The molecule has 0 unspecified atom stereocenters. The van der Waals surface area contributed by atoms with Crippen molar-refractivity contribution in [3.8, 4) is 11.5 Å². The van der Waals surface area contributed by atoms with E-state index in [9.17, 15) is 13.2 Å². The molecule has 2 aromatic rings. The molecule has 30 heavy (non-hydrogen) atoms. The number of nitrogens with one attached hydrogen (secondary N) is 1. The average Bonchev–Trinajstić information content (AvgIpc) is 2.70. The number of methoxy groups -OCH3 is 1. The molecule has 0 bridgehead atoms. The number of benzene rings is 2. The van der Waals surface area contributed by atoms with Crippen molar-refractivity contribution in [3.05, 3.63) is 53.1 Å². The van der Waals surface area contributed by atoms with E-state index in [1.807, 2.05) is 18.2 Å². The molecule has 0 aliphatic carbocycles. The summed E-state index contributed by atoms with van der Waals surface area (Å²) in [6.07, 6.45) is 1.72. The van der Waals surface area contributed by atoms with E-state index in [-0.39, 0.29) is 18.9 Å². The zero-order valence-electron chi connectivity index (χ0n) is 17.4. The van der Waals surface area contributed by atoms with E-state index >= 15 is 0 Å². The van der Waals surface area contributed by atoms with E-state index in [2.05, 4.69) is 5.32 Å². The molecule has 0 atom stereocenters. The van der Waals surface area contributed by atoms with Crippen LogP contribution in [-0.2, 0) is 14.8 Å². The summed E-state index contributed by atoms with van der Waals surface area (Å²) >= 11 is 6.12. The van der Waals surface area contributed by atoms with Crippen LogP contribution < -0.4 is 19.1 Å². The summed E-state index contributed by atoms with van der Waals surface area (Å²) in [6.45, 7) is 2.62. The van der Waals surface area contributed by atoms with Crippen LogP contribution in [0.3, 0.4) is 0 Å². The van der Waals surface area contributed by atoms with Gasteiger partial charge in [0, 0.05) is 24.1 Å². The molecular weight excluding hydrogens is 428 g/mol. The number of amides is 1. The van der Waals surface area contributed by atoms with Crippen LogP contribution in [0.4, 0.5) is 5.69 Å². The average molecular weight is 455 g/mol. The van der Waals surface area contributed by atoms with Gasteiger partial charge in [-0.1, -0.05) is 23.7 Å². The van der Waals surface area contributed by atoms with E-state index in [1.165, 1.54) is 4.31 Å². The first-order valence-corrected chi connectivity index (χ1v) is 11.7. The molecule has 0 saturated carbocycles. The van der Waals surface area contributed by atoms with Gasteiger partial charge in [0.15, 0.2) is 0 Å². The van der Waals surface area contributed by atoms with Gasteiger partial charge in [0.05, 0.1) is 25.6 Å². The van der Waals surface area contributed by atoms with Crippen LogP contribution in [0.5, 0.6) is 11.5 Å². The minimum absolute atomic E-state index is 0.166. The number of anilines is 1. The van der Waals surface area contributed by atoms with Crippen LogP contribution >= 0.6 is 11.6 Å². The second-order valence-electron chi connectivity index (χ2n) is 6.70. The second-order valence-corrected chi connectivity index (χ2v) is 9.01. The van der Waals surface area contributed by atoms with Gasteiger partial charge in [-0.2, -0.15) is 0 Å². The van der Waals surface area contributed by atoms with Crippen LogP contribution in [0.1, 0.15) is 18.4 Å². The number of sulfonamides is 1. The van der Waals surface area contributed by atoms with Gasteiger partial charge in [0.2, 0.25) is 15.9 Å². The minimum Gasteiger partial charge on any atom is -0.497 e. The predicted octanol–water partition coefficient (Wildman–Crippen LogP) is 3.40. The Morgan fingerprint density at radius 3 is 2.57 bits per heavy atom. The molecule has 0 fully saturated rings. The fraction of sp³-hybridized carbons (Fsp3) is 0.381. The maximum atomic E-state index is 12.2. The van der Waals surface area contributed by atoms with E-state index < -0.39 is 10.0 Å². The van der Waals surface area contributed by atoms with Crippen LogP contribution in [0.25, 0.3) is 0 Å². The predicted molar refractivity (Wildman–Crippen MR) is 119 cm³/mol. The maximum Gasteiger partial charge on any atom is 0.232 e. The summed E-state index contributed by atoms with van der Waals surface area (Å²) in [5, 5.41) is 3.27. The largest absolute Gasteiger partial charge is 0.497 e. The lowest BCUT2D eigenvalue weighted by Gasteiger charge is -2.24. The van der Waals surface area contributed by atoms with Gasteiger partial charge >= 0.3 is 0 Å². The zero-order valence-corrected chi connectivity index (χ0v) is 18.9. The molecule has 7 nitrogen and oxygen atoms in total. The van der Waals surface area contributed by atoms with Gasteiger partial charge in [-0.15, -0.1) is 0 Å². The molecule has 9 heteroatoms. The van der Waals surface area contributed by atoms with Crippen LogP contribution in [0.2, 0.25) is 5.02 Å². The fourth-order valence-electron chi connectivity index (χ4n) is 2.85. The highest BCUT2D eigenvalue weighted by molar-refractivity contribution is 7.92. The number of carbonyl (C=O) groups excluding carboxylic acids is 1. The zero-order chi connectivity index (χ0) is 22.1. The maximum absolute atomic E-state index is 12.2. The molecule has 0 heterocycles. The van der Waals surface area contributed by atoms with Gasteiger partial charge in [-0.3, -0.25) is 9.10 Å². The number of carbonyl (C=O) groups is 1. The van der Waals surface area contributed by atoms with Gasteiger partial charge in [-0.05, 0) is 43.2 Å². The highest BCUT2D eigenvalue weighted by Crippen LogP contribution is 2.28. The molecule has 2 aromatic carbocycles. The van der Waals surface area contributed by atoms with Crippen molar-refractivity contribution in [3.63, 3.8) is 0 Å². The molecule has 0 aliphatic rings. The third-order valence-electron chi connectivity index (χ3n) is 4.41. The molecule has 0 saturated heterocycles. The van der Waals surface area contributed by atoms with E-state index in [4.69, 9.17) is 21.1 Å². The number of hydrogen-bond acceptors (Lipinski definition) is 5. The van der Waals surface area contributed by atoms with Crippen molar-refractivity contribution in [2.24, 2.45) is 0 Å². The van der Waals surface area contributed by atoms with E-state index in [0.29, 0.717) is 47.3 Å².